The Morgan fingerprint density at radius 3 is 1.41 bits per heavy atom. The van der Waals surface area contributed by atoms with Gasteiger partial charge in [-0.1, -0.05) is 164 Å². The van der Waals surface area contributed by atoms with Crippen molar-refractivity contribution in [1.29, 1.82) is 0 Å². The normalized spacial score (nSPS) is 14.1. The van der Waals surface area contributed by atoms with Crippen molar-refractivity contribution in [3.05, 3.63) is 72.9 Å². The van der Waals surface area contributed by atoms with Gasteiger partial charge in [0.15, 0.2) is 6.10 Å². The zero-order valence-electron chi connectivity index (χ0n) is 39.6. The number of esters is 2. The van der Waals surface area contributed by atoms with Crippen LogP contribution in [0.15, 0.2) is 72.9 Å². The summed E-state index contributed by atoms with van der Waals surface area (Å²) < 4.78 is 34.3. The third-order valence-electron chi connectivity index (χ3n) is 9.97. The summed E-state index contributed by atoms with van der Waals surface area (Å²) >= 11 is 0. The predicted octanol–water partition coefficient (Wildman–Crippen LogP) is 14.2. The van der Waals surface area contributed by atoms with E-state index in [-0.39, 0.29) is 32.0 Å². The van der Waals surface area contributed by atoms with Crippen LogP contribution in [0.5, 0.6) is 0 Å². The number of unbranched alkanes of at least 4 members (excludes halogenated alkanes) is 17. The molecule has 0 amide bonds. The van der Waals surface area contributed by atoms with E-state index < -0.39 is 26.5 Å². The second-order valence-corrected chi connectivity index (χ2v) is 18.6. The van der Waals surface area contributed by atoms with Crippen LogP contribution in [-0.4, -0.2) is 74.9 Å². The van der Waals surface area contributed by atoms with Crippen molar-refractivity contribution in [3.8, 4) is 0 Å². The summed E-state index contributed by atoms with van der Waals surface area (Å²) in [5, 5.41) is 0. The van der Waals surface area contributed by atoms with E-state index in [4.69, 9.17) is 18.5 Å². The summed E-state index contributed by atoms with van der Waals surface area (Å²) in [6.45, 7) is 4.26. The molecule has 0 saturated carbocycles. The molecular weight excluding hydrogens is 786 g/mol. The molecule has 0 heterocycles. The van der Waals surface area contributed by atoms with Crippen molar-refractivity contribution in [3.63, 3.8) is 0 Å². The lowest BCUT2D eigenvalue weighted by molar-refractivity contribution is -0.870. The maximum Gasteiger partial charge on any atom is 0.472 e. The molecule has 0 saturated heterocycles. The van der Waals surface area contributed by atoms with E-state index in [1.165, 1.54) is 57.8 Å². The molecule has 0 aliphatic carbocycles. The molecule has 0 spiro atoms. The molecule has 0 radical (unpaired) electrons. The number of nitrogens with zero attached hydrogens (tertiary/aromatic N) is 1. The highest BCUT2D eigenvalue weighted by Crippen LogP contribution is 2.43. The van der Waals surface area contributed by atoms with Crippen LogP contribution in [0.25, 0.3) is 0 Å². The third-order valence-corrected chi connectivity index (χ3v) is 11.0. The molecule has 2 atom stereocenters. The molecule has 0 aromatic heterocycles. The van der Waals surface area contributed by atoms with Crippen molar-refractivity contribution in [1.82, 2.24) is 0 Å². The number of ether oxygens (including phenoxy) is 2. The number of hydrogen-bond acceptors (Lipinski definition) is 7. The Bertz CT molecular complexity index is 1270. The number of likely N-dealkylation sites (N-methyl/N-ethyl adjacent to an activating group) is 1. The van der Waals surface area contributed by atoms with Crippen LogP contribution in [0.4, 0.5) is 0 Å². The molecule has 0 aliphatic heterocycles. The van der Waals surface area contributed by atoms with Crippen LogP contribution in [0, 0.1) is 0 Å². The average Bonchev–Trinajstić information content (AvgIpc) is 3.21. The summed E-state index contributed by atoms with van der Waals surface area (Å²) in [6, 6.07) is 0. The highest BCUT2D eigenvalue weighted by molar-refractivity contribution is 7.47. The van der Waals surface area contributed by atoms with Gasteiger partial charge in [-0.2, -0.15) is 0 Å². The molecule has 0 bridgehead atoms. The summed E-state index contributed by atoms with van der Waals surface area (Å²) in [6.07, 6.45) is 53.8. The summed E-state index contributed by atoms with van der Waals surface area (Å²) in [7, 11) is 1.46. The van der Waals surface area contributed by atoms with Gasteiger partial charge in [0.05, 0.1) is 27.7 Å². The first-order valence-electron chi connectivity index (χ1n) is 24.2. The minimum absolute atomic E-state index is 0.0261. The Hall–Kier alpha value is -2.55. The Morgan fingerprint density at radius 1 is 0.525 bits per heavy atom. The summed E-state index contributed by atoms with van der Waals surface area (Å²) in [5.41, 5.74) is 0. The topological polar surface area (TPSA) is 108 Å². The number of hydrogen-bond donors (Lipinski definition) is 1. The smallest absolute Gasteiger partial charge is 0.462 e. The Labute approximate surface area is 374 Å². The molecule has 0 aromatic rings. The number of allylic oxidation sites excluding steroid dienone is 12. The molecule has 0 rings (SSSR count). The van der Waals surface area contributed by atoms with Gasteiger partial charge in [-0.3, -0.25) is 18.6 Å². The largest absolute Gasteiger partial charge is 0.472 e. The fourth-order valence-electron chi connectivity index (χ4n) is 6.21. The van der Waals surface area contributed by atoms with Gasteiger partial charge in [0.2, 0.25) is 0 Å². The number of quaternary nitrogens is 1. The van der Waals surface area contributed by atoms with E-state index in [0.29, 0.717) is 17.4 Å². The maximum absolute atomic E-state index is 12.7. The SMILES string of the molecule is CC/C=C\C/C=C\C/C=C\C/C=C\C/C=C\CCCCCCCCCCCC(=O)OC(COC(=O)CCCCCCC/C=C\CCCCC)COP(=O)(O)OCC[N+](C)(C)C. The molecular formula is C51H91NO8P+. The van der Waals surface area contributed by atoms with Gasteiger partial charge in [-0.25, -0.2) is 4.57 Å². The van der Waals surface area contributed by atoms with Crippen molar-refractivity contribution >= 4 is 19.8 Å². The van der Waals surface area contributed by atoms with Crippen molar-refractivity contribution in [2.45, 2.75) is 193 Å². The van der Waals surface area contributed by atoms with Gasteiger partial charge in [0.1, 0.15) is 19.8 Å². The fourth-order valence-corrected chi connectivity index (χ4v) is 6.95. The van der Waals surface area contributed by atoms with Gasteiger partial charge in [0.25, 0.3) is 0 Å². The van der Waals surface area contributed by atoms with E-state index in [2.05, 4.69) is 86.8 Å². The third kappa shape index (κ3) is 46.8. The molecule has 0 fully saturated rings. The lowest BCUT2D eigenvalue weighted by Gasteiger charge is -2.24. The molecule has 10 heteroatoms. The second kappa shape index (κ2) is 42.7. The van der Waals surface area contributed by atoms with Gasteiger partial charge < -0.3 is 18.9 Å². The quantitative estimate of drug-likeness (QED) is 0.0212. The Balaban J connectivity index is 4.26. The molecule has 352 valence electrons. The summed E-state index contributed by atoms with van der Waals surface area (Å²) in [4.78, 5) is 35.4. The maximum atomic E-state index is 12.7. The highest BCUT2D eigenvalue weighted by atomic mass is 31.2. The molecule has 61 heavy (non-hydrogen) atoms. The number of carbonyl (C=O) groups is 2. The van der Waals surface area contributed by atoms with Gasteiger partial charge in [0, 0.05) is 12.8 Å². The molecule has 9 nitrogen and oxygen atoms in total. The molecule has 0 aliphatic rings. The number of phosphoric ester groups is 1. The fraction of sp³-hybridized carbons (Fsp3) is 0.725. The average molecular weight is 877 g/mol. The number of carbonyl (C=O) groups excluding carboxylic acids is 2. The van der Waals surface area contributed by atoms with Crippen molar-refractivity contribution in [2.24, 2.45) is 0 Å². The van der Waals surface area contributed by atoms with Crippen LogP contribution in [0.3, 0.4) is 0 Å². The van der Waals surface area contributed by atoms with E-state index in [1.54, 1.807) is 0 Å². The molecule has 1 N–H and O–H groups in total. The van der Waals surface area contributed by atoms with E-state index in [9.17, 15) is 19.0 Å². The predicted molar refractivity (Wildman–Crippen MR) is 256 cm³/mol. The highest BCUT2D eigenvalue weighted by Gasteiger charge is 2.27. The van der Waals surface area contributed by atoms with Gasteiger partial charge in [-0.05, 0) is 83.5 Å². The first-order chi connectivity index (χ1) is 29.5. The standard InChI is InChI=1S/C51H90NO8P/c1-6-8-10-12-14-16-18-20-21-22-23-24-25-26-27-28-29-30-31-32-34-36-38-40-42-44-51(54)60-49(48-59-61(55,56)58-46-45-52(3,4)5)47-57-50(53)43-41-39-37-35-33-19-17-15-13-11-9-7-2/h8,10,14-17,20-21,23-24,26-27,49H,6-7,9,11-13,18-19,22,25,28-48H2,1-5H3/p+1/b10-8-,16-14-,17-15-,21-20-,24-23-,27-26-. The van der Waals surface area contributed by atoms with Gasteiger partial charge in [-0.15, -0.1) is 0 Å². The van der Waals surface area contributed by atoms with E-state index in [1.807, 2.05) is 21.1 Å². The van der Waals surface area contributed by atoms with Crippen molar-refractivity contribution in [2.75, 3.05) is 47.5 Å². The van der Waals surface area contributed by atoms with E-state index in [0.717, 1.165) is 96.3 Å². The number of rotatable bonds is 43. The monoisotopic (exact) mass is 877 g/mol. The lowest BCUT2D eigenvalue weighted by atomic mass is 10.1. The van der Waals surface area contributed by atoms with Crippen LogP contribution < -0.4 is 0 Å². The summed E-state index contributed by atoms with van der Waals surface area (Å²) in [5.74, 6) is -0.820. The first-order valence-corrected chi connectivity index (χ1v) is 25.7. The van der Waals surface area contributed by atoms with E-state index >= 15 is 0 Å². The first kappa shape index (κ1) is 58.5. The zero-order chi connectivity index (χ0) is 45.0. The molecule has 0 aromatic carbocycles. The van der Waals surface area contributed by atoms with Crippen LogP contribution in [-0.2, 0) is 32.7 Å². The minimum atomic E-state index is -4.38. The minimum Gasteiger partial charge on any atom is -0.462 e. The zero-order valence-corrected chi connectivity index (χ0v) is 40.5. The number of phosphoric acid groups is 1. The van der Waals surface area contributed by atoms with Crippen molar-refractivity contribution < 1.29 is 42.1 Å². The van der Waals surface area contributed by atoms with Crippen LogP contribution in [0.1, 0.15) is 187 Å². The van der Waals surface area contributed by atoms with Crippen LogP contribution >= 0.6 is 7.82 Å². The lowest BCUT2D eigenvalue weighted by Crippen LogP contribution is -2.37. The molecule has 2 unspecified atom stereocenters. The second-order valence-electron chi connectivity index (χ2n) is 17.1. The Kier molecular flexibility index (Phi) is 40.9. The van der Waals surface area contributed by atoms with Gasteiger partial charge >= 0.3 is 19.8 Å². The van der Waals surface area contributed by atoms with Crippen LogP contribution in [0.2, 0.25) is 0 Å². The Morgan fingerprint density at radius 2 is 0.934 bits per heavy atom.